The van der Waals surface area contributed by atoms with Gasteiger partial charge in [-0.25, -0.2) is 4.98 Å². The van der Waals surface area contributed by atoms with Gasteiger partial charge in [0.2, 0.25) is 0 Å². The lowest BCUT2D eigenvalue weighted by Crippen LogP contribution is -2.07. The van der Waals surface area contributed by atoms with Crippen molar-refractivity contribution >= 4 is 21.5 Å². The molecule has 1 unspecified atom stereocenters. The molecule has 5 aromatic rings. The number of rotatable bonds is 6. The number of fused-ring (bicyclic) bond motifs is 2. The average Bonchev–Trinajstić information content (AvgIpc) is 3.30. The van der Waals surface area contributed by atoms with Crippen molar-refractivity contribution in [2.45, 2.75) is 25.3 Å². The Hall–Kier alpha value is -3.39. The molecule has 0 bridgehead atoms. The fourth-order valence-electron chi connectivity index (χ4n) is 4.22. The summed E-state index contributed by atoms with van der Waals surface area (Å²) in [5, 5.41) is 5.24. The predicted molar refractivity (Wildman–Crippen MR) is 121 cm³/mol. The molecule has 0 radical (unpaired) electrons. The van der Waals surface area contributed by atoms with Crippen LogP contribution in [0.1, 0.15) is 23.5 Å². The molecule has 2 nitrogen and oxygen atoms in total. The van der Waals surface area contributed by atoms with E-state index in [1.807, 2.05) is 18.7 Å². The third-order valence-corrected chi connectivity index (χ3v) is 5.84. The Bertz CT molecular complexity index is 1240. The third-order valence-electron chi connectivity index (χ3n) is 5.84. The van der Waals surface area contributed by atoms with Gasteiger partial charge in [0.25, 0.3) is 0 Å². The predicted octanol–water partition coefficient (Wildman–Crippen LogP) is 6.61. The van der Waals surface area contributed by atoms with E-state index in [0.717, 1.165) is 19.4 Å². The third kappa shape index (κ3) is 3.93. The Kier molecular flexibility index (Phi) is 4.83. The van der Waals surface area contributed by atoms with Crippen molar-refractivity contribution in [3.05, 3.63) is 115 Å². The lowest BCUT2D eigenvalue weighted by atomic mass is 9.87. The van der Waals surface area contributed by atoms with Gasteiger partial charge in [-0.1, -0.05) is 84.9 Å². The van der Waals surface area contributed by atoms with Gasteiger partial charge in [-0.2, -0.15) is 0 Å². The number of nitrogens with zero attached hydrogens (tertiary/aromatic N) is 2. The summed E-state index contributed by atoms with van der Waals surface area (Å²) >= 11 is 0. The van der Waals surface area contributed by atoms with Crippen molar-refractivity contribution in [2.75, 3.05) is 0 Å². The first-order valence-electron chi connectivity index (χ1n) is 10.3. The van der Waals surface area contributed by atoms with Crippen LogP contribution in [-0.4, -0.2) is 9.55 Å². The normalized spacial score (nSPS) is 12.4. The monoisotopic (exact) mass is 376 g/mol. The minimum absolute atomic E-state index is 0.461. The Morgan fingerprint density at radius 2 is 1.41 bits per heavy atom. The van der Waals surface area contributed by atoms with Crippen LogP contribution in [0.2, 0.25) is 0 Å². The maximum Gasteiger partial charge on any atom is 0.0945 e. The van der Waals surface area contributed by atoms with E-state index in [1.54, 1.807) is 0 Å². The van der Waals surface area contributed by atoms with Gasteiger partial charge in [0.15, 0.2) is 0 Å². The smallest absolute Gasteiger partial charge is 0.0945 e. The largest absolute Gasteiger partial charge is 0.337 e. The van der Waals surface area contributed by atoms with E-state index >= 15 is 0 Å². The summed E-state index contributed by atoms with van der Waals surface area (Å²) in [6, 6.07) is 31.0. The summed E-state index contributed by atoms with van der Waals surface area (Å²) in [6.45, 7) is 0.977. The minimum Gasteiger partial charge on any atom is -0.337 e. The van der Waals surface area contributed by atoms with E-state index in [1.165, 1.54) is 32.7 Å². The van der Waals surface area contributed by atoms with Crippen molar-refractivity contribution in [1.29, 1.82) is 0 Å². The van der Waals surface area contributed by atoms with Crippen LogP contribution in [0.5, 0.6) is 0 Å². The van der Waals surface area contributed by atoms with Crippen LogP contribution in [0.15, 0.2) is 104 Å². The molecule has 0 aliphatic carbocycles. The number of benzene rings is 4. The quantitative estimate of drug-likeness (QED) is 0.326. The number of aromatic nitrogens is 2. The van der Waals surface area contributed by atoms with E-state index in [9.17, 15) is 0 Å². The van der Waals surface area contributed by atoms with Crippen LogP contribution in [0.25, 0.3) is 21.5 Å². The molecular weight excluding hydrogens is 352 g/mol. The van der Waals surface area contributed by atoms with Gasteiger partial charge in [0.1, 0.15) is 0 Å². The van der Waals surface area contributed by atoms with E-state index in [2.05, 4.69) is 94.5 Å². The van der Waals surface area contributed by atoms with Crippen LogP contribution in [0.3, 0.4) is 0 Å². The molecule has 142 valence electrons. The molecule has 2 heteroatoms. The Labute approximate surface area is 171 Å². The molecule has 0 saturated carbocycles. The highest BCUT2D eigenvalue weighted by molar-refractivity contribution is 5.84. The Balaban J connectivity index is 1.47. The number of imidazole rings is 1. The van der Waals surface area contributed by atoms with Gasteiger partial charge in [0, 0.05) is 18.9 Å². The molecule has 1 aromatic heterocycles. The van der Waals surface area contributed by atoms with Gasteiger partial charge in [-0.05, 0) is 51.4 Å². The second-order valence-electron chi connectivity index (χ2n) is 7.78. The maximum atomic E-state index is 4.19. The van der Waals surface area contributed by atoms with E-state index < -0.39 is 0 Å². The molecule has 0 amide bonds. The molecule has 0 aliphatic heterocycles. The second kappa shape index (κ2) is 7.92. The molecule has 0 spiro atoms. The molecular formula is C27H24N2. The number of aryl methyl sites for hydroxylation is 1. The molecule has 0 aliphatic rings. The maximum absolute atomic E-state index is 4.19. The summed E-state index contributed by atoms with van der Waals surface area (Å²) in [4.78, 5) is 4.19. The average molecular weight is 377 g/mol. The van der Waals surface area contributed by atoms with Crippen LogP contribution in [0, 0.1) is 0 Å². The Morgan fingerprint density at radius 3 is 2.14 bits per heavy atom. The molecule has 1 heterocycles. The molecule has 4 aromatic carbocycles. The minimum atomic E-state index is 0.461. The van der Waals surface area contributed by atoms with E-state index in [4.69, 9.17) is 0 Å². The van der Waals surface area contributed by atoms with Gasteiger partial charge in [-0.15, -0.1) is 0 Å². The van der Waals surface area contributed by atoms with Crippen molar-refractivity contribution in [3.63, 3.8) is 0 Å². The fraction of sp³-hybridized carbons (Fsp3) is 0.148. The van der Waals surface area contributed by atoms with Crippen LogP contribution in [0.4, 0.5) is 0 Å². The van der Waals surface area contributed by atoms with Crippen LogP contribution >= 0.6 is 0 Å². The molecule has 0 fully saturated rings. The van der Waals surface area contributed by atoms with Gasteiger partial charge >= 0.3 is 0 Å². The topological polar surface area (TPSA) is 17.8 Å². The first-order valence-corrected chi connectivity index (χ1v) is 10.3. The summed E-state index contributed by atoms with van der Waals surface area (Å²) in [6.07, 6.45) is 7.94. The zero-order valence-corrected chi connectivity index (χ0v) is 16.4. The van der Waals surface area contributed by atoms with Gasteiger partial charge < -0.3 is 4.57 Å². The zero-order valence-electron chi connectivity index (χ0n) is 16.4. The van der Waals surface area contributed by atoms with Gasteiger partial charge in [-0.3, -0.25) is 0 Å². The first-order chi connectivity index (χ1) is 14.3. The zero-order chi connectivity index (χ0) is 19.5. The molecule has 1 atom stereocenters. The highest BCUT2D eigenvalue weighted by Crippen LogP contribution is 2.29. The fourth-order valence-corrected chi connectivity index (χ4v) is 4.22. The lowest BCUT2D eigenvalue weighted by Gasteiger charge is -2.19. The van der Waals surface area contributed by atoms with Crippen molar-refractivity contribution < 1.29 is 0 Å². The molecule has 5 rings (SSSR count). The summed E-state index contributed by atoms with van der Waals surface area (Å²) in [5.74, 6) is 0.461. The second-order valence-corrected chi connectivity index (χ2v) is 7.78. The van der Waals surface area contributed by atoms with Crippen LogP contribution in [-0.2, 0) is 13.0 Å². The molecule has 0 saturated heterocycles. The summed E-state index contributed by atoms with van der Waals surface area (Å²) in [7, 11) is 0. The molecule has 29 heavy (non-hydrogen) atoms. The Morgan fingerprint density at radius 1 is 0.724 bits per heavy atom. The highest BCUT2D eigenvalue weighted by Gasteiger charge is 2.14. The van der Waals surface area contributed by atoms with Crippen LogP contribution < -0.4 is 0 Å². The van der Waals surface area contributed by atoms with Crippen molar-refractivity contribution in [2.24, 2.45) is 0 Å². The highest BCUT2D eigenvalue weighted by atomic mass is 15.0. The van der Waals surface area contributed by atoms with E-state index in [-0.39, 0.29) is 0 Å². The summed E-state index contributed by atoms with van der Waals surface area (Å²) in [5.41, 5.74) is 2.81. The SMILES string of the molecule is c1ccc2cc(CC(CCn3ccnc3)c3ccc4ccccc4c3)ccc2c1. The van der Waals surface area contributed by atoms with Gasteiger partial charge in [0.05, 0.1) is 6.33 Å². The standard InChI is InChI=1S/C27H24N2/c1-3-7-24-17-21(9-10-22(24)5-1)18-27(13-15-29-16-14-28-20-29)26-12-11-23-6-2-4-8-25(23)19-26/h1-12,14,16-17,19-20,27H,13,15,18H2. The van der Waals surface area contributed by atoms with Crippen molar-refractivity contribution in [1.82, 2.24) is 9.55 Å². The van der Waals surface area contributed by atoms with E-state index in [0.29, 0.717) is 5.92 Å². The number of hydrogen-bond donors (Lipinski definition) is 0. The first kappa shape index (κ1) is 17.7. The summed E-state index contributed by atoms with van der Waals surface area (Å²) < 4.78 is 2.18. The lowest BCUT2D eigenvalue weighted by molar-refractivity contribution is 0.545. The molecule has 0 N–H and O–H groups in total. The number of hydrogen-bond acceptors (Lipinski definition) is 1. The van der Waals surface area contributed by atoms with Crippen molar-refractivity contribution in [3.8, 4) is 0 Å².